The molecular weight excluding hydrogens is 161 g/mol. The van der Waals surface area contributed by atoms with E-state index in [9.17, 15) is 4.79 Å². The van der Waals surface area contributed by atoms with Gasteiger partial charge in [-0.1, -0.05) is 0 Å². The summed E-state index contributed by atoms with van der Waals surface area (Å²) >= 11 is 0. The number of carbonyl (C=O) groups is 1. The Labute approximate surface area is 71.9 Å². The minimum Gasteiger partial charge on any atom is -0.480 e. The van der Waals surface area contributed by atoms with Gasteiger partial charge in [-0.15, -0.1) is 0 Å². The highest BCUT2D eigenvalue weighted by atomic mass is 16.5. The van der Waals surface area contributed by atoms with Gasteiger partial charge in [0.2, 0.25) is 0 Å². The fourth-order valence-corrected chi connectivity index (χ4v) is 0.805. The summed E-state index contributed by atoms with van der Waals surface area (Å²) < 4.78 is 4.72. The maximum atomic E-state index is 10.5. The van der Waals surface area contributed by atoms with Crippen LogP contribution in [0, 0.1) is 0 Å². The topological polar surface area (TPSA) is 78.8 Å². The van der Waals surface area contributed by atoms with E-state index in [-0.39, 0.29) is 0 Å². The van der Waals surface area contributed by atoms with Gasteiger partial charge in [0.15, 0.2) is 0 Å². The summed E-state index contributed by atoms with van der Waals surface area (Å²) in [5.74, 6) is -0.979. The average Bonchev–Trinajstić information content (AvgIpc) is 1.96. The van der Waals surface area contributed by atoms with Crippen LogP contribution in [0.3, 0.4) is 0 Å². The van der Waals surface area contributed by atoms with Gasteiger partial charge in [-0.3, -0.25) is 4.79 Å². The molecule has 0 aromatic carbocycles. The zero-order chi connectivity index (χ0) is 9.56. The second-order valence-electron chi connectivity index (χ2n) is 2.51. The zero-order valence-corrected chi connectivity index (χ0v) is 7.28. The van der Waals surface area contributed by atoms with Gasteiger partial charge in [0.25, 0.3) is 0 Å². The molecule has 0 rings (SSSR count). The summed E-state index contributed by atoms with van der Waals surface area (Å²) in [7, 11) is 0.685. The Morgan fingerprint density at radius 1 is 1.75 bits per heavy atom. The summed E-state index contributed by atoms with van der Waals surface area (Å²) in [6.07, 6.45) is 0.344. The summed E-state index contributed by atoms with van der Waals surface area (Å²) in [6, 6.07) is -0.745. The summed E-state index contributed by atoms with van der Waals surface area (Å²) in [6.45, 7) is 1.83. The molecule has 0 bridgehead atoms. The fourth-order valence-electron chi connectivity index (χ4n) is 0.805. The van der Waals surface area contributed by atoms with Crippen LogP contribution in [0.2, 0.25) is 6.82 Å². The fraction of sp³-hybridized carbons (Fsp3) is 0.833. The van der Waals surface area contributed by atoms with Crippen LogP contribution in [0.4, 0.5) is 0 Å². The van der Waals surface area contributed by atoms with Crippen molar-refractivity contribution in [3.8, 4) is 0 Å². The van der Waals surface area contributed by atoms with Crippen LogP contribution >= 0.6 is 0 Å². The number of nitrogens with one attached hydrogen (secondary N) is 1. The standard InChI is InChI=1S/C6H14BNO4/c1-7(11)8-5(6(9)10)3-4-12-2/h5,8,11H,3-4H2,1-2H3,(H,9,10). The van der Waals surface area contributed by atoms with Crippen molar-refractivity contribution < 1.29 is 19.7 Å². The van der Waals surface area contributed by atoms with E-state index < -0.39 is 19.1 Å². The van der Waals surface area contributed by atoms with Gasteiger partial charge >= 0.3 is 13.0 Å². The minimum absolute atomic E-state index is 0.344. The highest BCUT2D eigenvalue weighted by molar-refractivity contribution is 6.45. The highest BCUT2D eigenvalue weighted by Crippen LogP contribution is 1.93. The van der Waals surface area contributed by atoms with Crippen molar-refractivity contribution in [1.29, 1.82) is 0 Å². The first-order chi connectivity index (χ1) is 5.57. The molecule has 1 atom stereocenters. The third-order valence-corrected chi connectivity index (χ3v) is 1.35. The Morgan fingerprint density at radius 2 is 2.33 bits per heavy atom. The van der Waals surface area contributed by atoms with Gasteiger partial charge in [0.1, 0.15) is 0 Å². The van der Waals surface area contributed by atoms with Crippen molar-refractivity contribution in [2.24, 2.45) is 0 Å². The molecule has 0 aliphatic heterocycles. The molecule has 0 amide bonds. The van der Waals surface area contributed by atoms with Crippen LogP contribution in [0.1, 0.15) is 6.42 Å². The molecule has 6 heteroatoms. The molecule has 0 heterocycles. The molecule has 1 unspecified atom stereocenters. The number of ether oxygens (including phenoxy) is 1. The molecule has 0 saturated heterocycles. The lowest BCUT2D eigenvalue weighted by atomic mass is 9.87. The van der Waals surface area contributed by atoms with Crippen LogP contribution in [-0.2, 0) is 9.53 Å². The molecule has 0 saturated carbocycles. The van der Waals surface area contributed by atoms with Gasteiger partial charge in [0.05, 0.1) is 6.04 Å². The SMILES string of the molecule is COCCC(NB(C)O)C(=O)O. The predicted octanol–water partition coefficient (Wildman–Crippen LogP) is -0.824. The number of hydrogen-bond acceptors (Lipinski definition) is 4. The van der Waals surface area contributed by atoms with Crippen molar-refractivity contribution >= 4 is 13.0 Å². The van der Waals surface area contributed by atoms with Gasteiger partial charge in [-0.05, 0) is 13.2 Å². The third-order valence-electron chi connectivity index (χ3n) is 1.35. The number of hydrogen-bond donors (Lipinski definition) is 3. The Bertz CT molecular complexity index is 142. The number of rotatable bonds is 6. The number of aliphatic carboxylic acids is 1. The van der Waals surface area contributed by atoms with E-state index in [0.29, 0.717) is 13.0 Å². The maximum Gasteiger partial charge on any atom is 0.374 e. The Balaban J connectivity index is 3.78. The van der Waals surface area contributed by atoms with E-state index in [1.807, 2.05) is 0 Å². The van der Waals surface area contributed by atoms with Crippen molar-refractivity contribution in [1.82, 2.24) is 5.23 Å². The highest BCUT2D eigenvalue weighted by Gasteiger charge is 2.19. The molecule has 0 aromatic heterocycles. The number of carboxylic acid groups (broad SMARTS) is 1. The molecule has 12 heavy (non-hydrogen) atoms. The Kier molecular flexibility index (Phi) is 5.70. The van der Waals surface area contributed by atoms with Crippen LogP contribution in [-0.4, -0.2) is 42.9 Å². The summed E-state index contributed by atoms with van der Waals surface area (Å²) in [5.41, 5.74) is 0. The Morgan fingerprint density at radius 3 is 2.67 bits per heavy atom. The number of carboxylic acids is 1. The van der Waals surface area contributed by atoms with Crippen LogP contribution in [0.15, 0.2) is 0 Å². The van der Waals surface area contributed by atoms with Crippen molar-refractivity contribution in [3.05, 3.63) is 0 Å². The lowest BCUT2D eigenvalue weighted by Gasteiger charge is -2.13. The second-order valence-corrected chi connectivity index (χ2v) is 2.51. The van der Waals surface area contributed by atoms with E-state index in [2.05, 4.69) is 5.23 Å². The lowest BCUT2D eigenvalue weighted by molar-refractivity contribution is -0.139. The van der Waals surface area contributed by atoms with Gasteiger partial charge in [0, 0.05) is 13.7 Å². The molecular formula is C6H14BNO4. The van der Waals surface area contributed by atoms with E-state index in [4.69, 9.17) is 14.9 Å². The average molecular weight is 175 g/mol. The van der Waals surface area contributed by atoms with Gasteiger partial charge in [-0.2, -0.15) is 0 Å². The molecule has 3 N–H and O–H groups in total. The van der Waals surface area contributed by atoms with Crippen molar-refractivity contribution in [2.45, 2.75) is 19.3 Å². The molecule has 70 valence electrons. The maximum absolute atomic E-state index is 10.5. The molecule has 0 spiro atoms. The first-order valence-corrected chi connectivity index (χ1v) is 3.73. The van der Waals surface area contributed by atoms with Crippen LogP contribution < -0.4 is 5.23 Å². The van der Waals surface area contributed by atoms with E-state index >= 15 is 0 Å². The normalized spacial score (nSPS) is 12.6. The molecule has 0 aliphatic carbocycles. The molecule has 0 aliphatic rings. The third kappa shape index (κ3) is 5.12. The van der Waals surface area contributed by atoms with E-state index in [1.54, 1.807) is 0 Å². The van der Waals surface area contributed by atoms with E-state index in [1.165, 1.54) is 13.9 Å². The predicted molar refractivity (Wildman–Crippen MR) is 44.9 cm³/mol. The second kappa shape index (κ2) is 5.99. The first kappa shape index (κ1) is 11.4. The molecule has 0 fully saturated rings. The molecule has 0 aromatic rings. The van der Waals surface area contributed by atoms with Crippen molar-refractivity contribution in [3.63, 3.8) is 0 Å². The van der Waals surface area contributed by atoms with Crippen molar-refractivity contribution in [2.75, 3.05) is 13.7 Å². The molecule has 0 radical (unpaired) electrons. The first-order valence-electron chi connectivity index (χ1n) is 3.73. The smallest absolute Gasteiger partial charge is 0.374 e. The van der Waals surface area contributed by atoms with Crippen LogP contribution in [0.5, 0.6) is 0 Å². The van der Waals surface area contributed by atoms with Crippen LogP contribution in [0.25, 0.3) is 0 Å². The van der Waals surface area contributed by atoms with Gasteiger partial charge in [-0.25, -0.2) is 0 Å². The Hall–Kier alpha value is -0.585. The summed E-state index contributed by atoms with van der Waals surface area (Å²) in [4.78, 5) is 10.5. The van der Waals surface area contributed by atoms with Gasteiger partial charge < -0.3 is 20.1 Å². The number of methoxy groups -OCH3 is 1. The largest absolute Gasteiger partial charge is 0.480 e. The lowest BCUT2D eigenvalue weighted by Crippen LogP contribution is -2.45. The summed E-state index contributed by atoms with van der Waals surface area (Å²) in [5, 5.41) is 20.0. The zero-order valence-electron chi connectivity index (χ0n) is 7.28. The van der Waals surface area contributed by atoms with E-state index in [0.717, 1.165) is 0 Å². The minimum atomic E-state index is -0.979. The quantitative estimate of drug-likeness (QED) is 0.459. The molecule has 5 nitrogen and oxygen atoms in total. The monoisotopic (exact) mass is 175 g/mol.